The van der Waals surface area contributed by atoms with Crippen molar-refractivity contribution in [3.8, 4) is 0 Å². The summed E-state index contributed by atoms with van der Waals surface area (Å²) in [4.78, 5) is 120. The molecule has 4 heterocycles. The highest BCUT2D eigenvalue weighted by Gasteiger charge is 2.39. The molecule has 23 nitrogen and oxygen atoms in total. The number of pyridine rings is 3. The number of hydrogen-bond donors (Lipinski definition) is 5. The van der Waals surface area contributed by atoms with Crippen LogP contribution in [-0.2, 0) is 19.2 Å². The lowest BCUT2D eigenvalue weighted by Crippen LogP contribution is -2.35. The lowest BCUT2D eigenvalue weighted by molar-refractivity contribution is -0.383. The van der Waals surface area contributed by atoms with Gasteiger partial charge in [-0.15, -0.1) is 0 Å². The van der Waals surface area contributed by atoms with Gasteiger partial charge >= 0.3 is 5.63 Å². The number of carbonyl (C=O) groups is 4. The second-order valence-electron chi connectivity index (χ2n) is 24.5. The number of benzene rings is 7. The van der Waals surface area contributed by atoms with Crippen molar-refractivity contribution < 1.29 is 33.4 Å². The van der Waals surface area contributed by atoms with E-state index in [4.69, 9.17) is 22.9 Å². The maximum absolute atomic E-state index is 13.4. The number of nitro groups is 2. The fraction of sp³-hybridized carbons (Fsp3) is 0.194. The number of non-ortho nitro benzene ring substituents is 2. The molecule has 7 aromatic carbocycles. The van der Waals surface area contributed by atoms with Crippen LogP contribution in [0.4, 0.5) is 22.7 Å². The molecule has 1 aliphatic carbocycles. The van der Waals surface area contributed by atoms with Gasteiger partial charge in [-0.05, 0) is 113 Å². The molecule has 1 aliphatic rings. The van der Waals surface area contributed by atoms with Gasteiger partial charge in [-0.2, -0.15) is 0 Å². The van der Waals surface area contributed by atoms with E-state index in [0.29, 0.717) is 67.3 Å². The van der Waals surface area contributed by atoms with Crippen LogP contribution in [0, 0.1) is 37.0 Å². The first-order chi connectivity index (χ1) is 45.2. The minimum atomic E-state index is -0.984. The summed E-state index contributed by atoms with van der Waals surface area (Å²) in [6.45, 7) is 9.12. The zero-order chi connectivity index (χ0) is 68.5. The van der Waals surface area contributed by atoms with Gasteiger partial charge in [0.25, 0.3) is 28.1 Å². The van der Waals surface area contributed by atoms with E-state index < -0.39 is 56.9 Å². The first-order valence-corrected chi connectivity index (χ1v) is 30.0. The van der Waals surface area contributed by atoms with Crippen LogP contribution in [0.2, 0.25) is 0 Å². The average molecular weight is 1280 g/mol. The third kappa shape index (κ3) is 15.3. The highest BCUT2D eigenvalue weighted by Crippen LogP contribution is 2.49. The van der Waals surface area contributed by atoms with Crippen molar-refractivity contribution in [3.63, 3.8) is 0 Å². The second kappa shape index (κ2) is 28.6. The van der Waals surface area contributed by atoms with Crippen molar-refractivity contribution in [1.29, 1.82) is 0 Å². The van der Waals surface area contributed by atoms with Crippen LogP contribution < -0.4 is 50.6 Å². The molecule has 23 heteroatoms. The first-order valence-electron chi connectivity index (χ1n) is 30.0. The van der Waals surface area contributed by atoms with Crippen molar-refractivity contribution in [1.82, 2.24) is 13.7 Å². The van der Waals surface area contributed by atoms with E-state index in [1.54, 1.807) is 134 Å². The fourth-order valence-corrected chi connectivity index (χ4v) is 13.0. The Balaban J connectivity index is 0.000000156. The zero-order valence-electron chi connectivity index (χ0n) is 52.2. The normalized spacial score (nSPS) is 14.1. The lowest BCUT2D eigenvalue weighted by Gasteiger charge is -2.45. The number of anilines is 2. The molecule has 0 aliphatic heterocycles. The Morgan fingerprint density at radius 1 is 0.484 bits per heavy atom. The van der Waals surface area contributed by atoms with Gasteiger partial charge in [0.2, 0.25) is 23.6 Å². The van der Waals surface area contributed by atoms with Crippen molar-refractivity contribution in [2.45, 2.75) is 71.5 Å². The Bertz CT molecular complexity index is 4980. The maximum atomic E-state index is 13.4. The predicted molar refractivity (Wildman–Crippen MR) is 364 cm³/mol. The number of rotatable bonds is 14. The highest BCUT2D eigenvalue weighted by atomic mass is 16.6. The van der Waals surface area contributed by atoms with Crippen LogP contribution in [0.5, 0.6) is 0 Å². The Morgan fingerprint density at radius 2 is 0.853 bits per heavy atom. The summed E-state index contributed by atoms with van der Waals surface area (Å²) in [6, 6.07) is 49.2. The molecule has 4 aromatic heterocycles. The average Bonchev–Trinajstić information content (AvgIpc) is 0.869. The predicted octanol–water partition coefficient (Wildman–Crippen LogP) is 10.6. The highest BCUT2D eigenvalue weighted by molar-refractivity contribution is 6.02. The molecular formula is C72H68N10O13. The number of hydrogen-bond acceptors (Lipinski definition) is 14. The molecule has 0 radical (unpaired) electrons. The van der Waals surface area contributed by atoms with Crippen molar-refractivity contribution in [2.24, 2.45) is 33.9 Å². The van der Waals surface area contributed by atoms with E-state index in [1.165, 1.54) is 68.4 Å². The number of carbonyl (C=O) groups excluding carboxylic acids is 4. The Morgan fingerprint density at radius 3 is 1.28 bits per heavy atom. The van der Waals surface area contributed by atoms with Gasteiger partial charge in [0.1, 0.15) is 18.1 Å². The summed E-state index contributed by atoms with van der Waals surface area (Å²) in [5.41, 5.74) is 24.1. The largest absolute Gasteiger partial charge is 0.431 e. The van der Waals surface area contributed by atoms with E-state index in [-0.39, 0.29) is 55.4 Å². The number of nitrogens with zero attached hydrogens (tertiary/aromatic N) is 5. The number of nitrogen functional groups attached to an aromatic ring is 1. The number of nitrogens with one attached hydrogen (secondary N) is 1. The summed E-state index contributed by atoms with van der Waals surface area (Å²) in [5.74, 6) is -1.60. The number of fused-ring (bicyclic) bond motifs is 4. The molecule has 12 rings (SSSR count). The van der Waals surface area contributed by atoms with Crippen LogP contribution >= 0.6 is 0 Å². The number of nitrogens with two attached hydrogens (primary N) is 4. The van der Waals surface area contributed by atoms with E-state index in [9.17, 15) is 58.6 Å². The standard InChI is InChI=1S/C29H35N3O3.C17H13N3O4.C17H15N3O2.C9H5NO4/c1-28(2)16-19(17-29(3,4)18-28)15-24(33)31-23-12-8-11-22-21(23)13-14-32(27(22)35)25(26(30)34)20-9-6-5-7-10-20;18-16(21)15(11-5-2-1-3-6-11)19-10-9-12-13(17(19)22)7-4-8-14(12)20(23)24;18-14-8-4-7-13-12(14)9-10-20(17(13)22)15(16(19)21)11-5-2-1-3-6-11;11-9-7-2-1-3-8(10(12)13)6(7)4-5-14-9/h5-14,19,25H,15-18H2,1-4H3,(H2,30,34)(H,31,33);1-10,15H,(H2,18,21);1-10,15H,18H2,(H2,19,21);1-5H/t25-;2*15-;/m111./s1. The van der Waals surface area contributed by atoms with Gasteiger partial charge in [-0.3, -0.25) is 67.5 Å². The second-order valence-corrected chi connectivity index (χ2v) is 24.5. The van der Waals surface area contributed by atoms with E-state index in [1.807, 2.05) is 18.2 Å². The first kappa shape index (κ1) is 67.3. The van der Waals surface area contributed by atoms with Crippen molar-refractivity contribution >= 4 is 89.5 Å². The van der Waals surface area contributed by atoms with Gasteiger partial charge in [0, 0.05) is 70.1 Å². The minimum Gasteiger partial charge on any atom is -0.431 e. The Hall–Kier alpha value is -12.1. The van der Waals surface area contributed by atoms with Gasteiger partial charge in [0.05, 0.1) is 37.7 Å². The summed E-state index contributed by atoms with van der Waals surface area (Å²) in [5, 5.41) is 27.8. The molecule has 3 atom stereocenters. The van der Waals surface area contributed by atoms with Gasteiger partial charge < -0.3 is 32.7 Å². The van der Waals surface area contributed by atoms with Crippen LogP contribution in [0.3, 0.4) is 0 Å². The van der Waals surface area contributed by atoms with Gasteiger partial charge in [0.15, 0.2) is 0 Å². The van der Waals surface area contributed by atoms with Crippen LogP contribution in [0.25, 0.3) is 43.1 Å². The summed E-state index contributed by atoms with van der Waals surface area (Å²) < 4.78 is 8.50. The van der Waals surface area contributed by atoms with Gasteiger partial charge in [-0.25, -0.2) is 4.79 Å². The Labute approximate surface area is 542 Å². The smallest absolute Gasteiger partial charge is 0.343 e. The minimum absolute atomic E-state index is 0.0422. The number of primary amides is 3. The molecular weight excluding hydrogens is 1210 g/mol. The molecule has 9 N–H and O–H groups in total. The molecule has 484 valence electrons. The molecule has 1 saturated carbocycles. The monoisotopic (exact) mass is 1280 g/mol. The number of aromatic nitrogens is 3. The SMILES string of the molecule is CC1(C)CC(CC(=O)Nc2cccc3c(=O)n([C@@H](C(N)=O)c4ccccc4)ccc23)CC(C)(C)C1.NC(=O)[C@@H](c1ccccc1)n1ccc2c(N)cccc2c1=O.NC(=O)[C@@H](c1ccccc1)n1ccc2c([N+](=O)[O-])cccc2c1=O.O=c1occc2c([N+](=O)[O-])cccc12. The van der Waals surface area contributed by atoms with Crippen LogP contribution in [0.15, 0.2) is 237 Å². The number of amides is 4. The van der Waals surface area contributed by atoms with Gasteiger partial charge in [-0.1, -0.05) is 143 Å². The van der Waals surface area contributed by atoms with E-state index in [0.717, 1.165) is 25.5 Å². The summed E-state index contributed by atoms with van der Waals surface area (Å²) >= 11 is 0. The van der Waals surface area contributed by atoms with Crippen molar-refractivity contribution in [2.75, 3.05) is 11.1 Å². The zero-order valence-corrected chi connectivity index (χ0v) is 52.2. The quantitative estimate of drug-likeness (QED) is 0.0384. The summed E-state index contributed by atoms with van der Waals surface area (Å²) in [6.07, 6.45) is 9.31. The molecule has 11 aromatic rings. The maximum Gasteiger partial charge on any atom is 0.343 e. The van der Waals surface area contributed by atoms with Crippen molar-refractivity contribution in [3.05, 3.63) is 291 Å². The molecule has 0 bridgehead atoms. The molecule has 1 fully saturated rings. The molecule has 4 amide bonds. The molecule has 0 saturated heterocycles. The molecule has 0 spiro atoms. The molecule has 95 heavy (non-hydrogen) atoms. The third-order valence-electron chi connectivity index (χ3n) is 16.4. The van der Waals surface area contributed by atoms with E-state index >= 15 is 0 Å². The lowest BCUT2D eigenvalue weighted by atomic mass is 9.61. The third-order valence-corrected chi connectivity index (χ3v) is 16.4. The fourth-order valence-electron chi connectivity index (χ4n) is 13.0. The van der Waals surface area contributed by atoms with E-state index in [2.05, 4.69) is 37.4 Å². The van der Waals surface area contributed by atoms with Crippen LogP contribution in [-0.4, -0.2) is 47.2 Å². The van der Waals surface area contributed by atoms with Crippen LogP contribution in [0.1, 0.15) is 88.2 Å². The Kier molecular flexibility index (Phi) is 20.2. The summed E-state index contributed by atoms with van der Waals surface area (Å²) in [7, 11) is 0. The number of nitro benzene ring substituents is 2. The molecule has 0 unspecified atom stereocenters. The topological polar surface area (TPSA) is 367 Å².